The van der Waals surface area contributed by atoms with Crippen molar-refractivity contribution >= 4 is 34.7 Å². The van der Waals surface area contributed by atoms with Crippen molar-refractivity contribution in [3.63, 3.8) is 0 Å². The number of anilines is 1. The number of carboxylic acid groups (broad SMARTS) is 1. The molecule has 3 aromatic rings. The van der Waals surface area contributed by atoms with Crippen LogP contribution in [0.25, 0.3) is 0 Å². The van der Waals surface area contributed by atoms with Gasteiger partial charge in [-0.3, -0.25) is 19.3 Å². The van der Waals surface area contributed by atoms with Gasteiger partial charge in [0.05, 0.1) is 33.6 Å². The van der Waals surface area contributed by atoms with Crippen LogP contribution in [0, 0.1) is 13.8 Å². The smallest absolute Gasteiger partial charge is 0.307 e. The van der Waals surface area contributed by atoms with Gasteiger partial charge < -0.3 is 10.2 Å². The molecule has 2 N–H and O–H groups in total. The van der Waals surface area contributed by atoms with Gasteiger partial charge in [0.25, 0.3) is 5.91 Å². The van der Waals surface area contributed by atoms with Crippen molar-refractivity contribution in [3.8, 4) is 0 Å². The fourth-order valence-electron chi connectivity index (χ4n) is 4.17. The maximum absolute atomic E-state index is 13.6. The molecule has 1 aromatic heterocycles. The van der Waals surface area contributed by atoms with Gasteiger partial charge in [0.15, 0.2) is 5.76 Å². The molecule has 2 aromatic carbocycles. The summed E-state index contributed by atoms with van der Waals surface area (Å²) < 4.78 is 0. The number of aryl methyl sites for hydroxylation is 3. The van der Waals surface area contributed by atoms with E-state index in [0.29, 0.717) is 27.4 Å². The molecule has 0 saturated carbocycles. The zero-order valence-corrected chi connectivity index (χ0v) is 19.8. The number of carbonyl (C=O) groups is 3. The molecule has 0 spiro atoms. The van der Waals surface area contributed by atoms with Crippen LogP contribution in [0.3, 0.4) is 0 Å². The molecule has 0 bridgehead atoms. The van der Waals surface area contributed by atoms with E-state index >= 15 is 0 Å². The Morgan fingerprint density at radius 2 is 1.65 bits per heavy atom. The van der Waals surface area contributed by atoms with E-state index in [9.17, 15) is 19.5 Å². The Labute approximate surface area is 201 Å². The molecule has 7 nitrogen and oxygen atoms in total. The van der Waals surface area contributed by atoms with Crippen molar-refractivity contribution in [3.05, 3.63) is 92.1 Å². The molecule has 0 radical (unpaired) electrons. The Kier molecular flexibility index (Phi) is 6.34. The van der Waals surface area contributed by atoms with Crippen LogP contribution in [0.2, 0.25) is 0 Å². The number of nitrogens with zero attached hydrogens (tertiary/aromatic N) is 2. The Balaban J connectivity index is 1.83. The van der Waals surface area contributed by atoms with Gasteiger partial charge in [-0.2, -0.15) is 0 Å². The number of aliphatic hydroxyl groups is 1. The number of aromatic nitrogens is 1. The number of amides is 1. The summed E-state index contributed by atoms with van der Waals surface area (Å²) in [6, 6.07) is 13.3. The van der Waals surface area contributed by atoms with Crippen LogP contribution in [0.1, 0.15) is 50.0 Å². The molecule has 34 heavy (non-hydrogen) atoms. The van der Waals surface area contributed by atoms with Gasteiger partial charge in [0.1, 0.15) is 0 Å². The summed E-state index contributed by atoms with van der Waals surface area (Å²) in [6.07, 6.45) is 0.693. The van der Waals surface area contributed by atoms with Crippen LogP contribution in [0.4, 0.5) is 5.69 Å². The third-order valence-electron chi connectivity index (χ3n) is 5.84. The van der Waals surface area contributed by atoms with Crippen molar-refractivity contribution in [2.24, 2.45) is 0 Å². The normalized spacial score (nSPS) is 15.8. The van der Waals surface area contributed by atoms with E-state index in [1.54, 1.807) is 38.1 Å². The minimum absolute atomic E-state index is 0.00982. The Bertz CT molecular complexity index is 1310. The molecule has 0 fully saturated rings. The molecular formula is C26H24N2O5S. The van der Waals surface area contributed by atoms with Gasteiger partial charge in [-0.25, -0.2) is 4.98 Å². The topological polar surface area (TPSA) is 108 Å². The number of carboxylic acids is 1. The fraction of sp³-hybridized carbons (Fsp3) is 0.231. The largest absolute Gasteiger partial charge is 0.503 e. The SMILES string of the molecule is CCc1ccc(C2C(C(=O)c3sc(C)nc3C)=C(O)C(=O)N2c2ccc(CC(=O)O)cc2)cc1. The molecule has 1 unspecified atom stereocenters. The fourth-order valence-corrected chi connectivity index (χ4v) is 5.04. The van der Waals surface area contributed by atoms with Crippen molar-refractivity contribution in [1.82, 2.24) is 4.98 Å². The molecule has 1 amide bonds. The number of carbonyl (C=O) groups excluding carboxylic acids is 2. The molecule has 174 valence electrons. The maximum atomic E-state index is 13.6. The van der Waals surface area contributed by atoms with Crippen molar-refractivity contribution < 1.29 is 24.6 Å². The lowest BCUT2D eigenvalue weighted by atomic mass is 9.94. The number of rotatable bonds is 7. The minimum Gasteiger partial charge on any atom is -0.503 e. The van der Waals surface area contributed by atoms with Crippen LogP contribution < -0.4 is 4.90 Å². The van der Waals surface area contributed by atoms with Crippen molar-refractivity contribution in [1.29, 1.82) is 0 Å². The summed E-state index contributed by atoms with van der Waals surface area (Å²) >= 11 is 1.23. The summed E-state index contributed by atoms with van der Waals surface area (Å²) in [5.74, 6) is -2.66. The first-order chi connectivity index (χ1) is 16.2. The van der Waals surface area contributed by atoms with E-state index in [2.05, 4.69) is 4.98 Å². The molecule has 0 saturated heterocycles. The second kappa shape index (κ2) is 9.23. The highest BCUT2D eigenvalue weighted by Crippen LogP contribution is 2.42. The number of hydrogen-bond acceptors (Lipinski definition) is 6. The van der Waals surface area contributed by atoms with E-state index in [1.807, 2.05) is 31.2 Å². The Morgan fingerprint density at radius 1 is 1.03 bits per heavy atom. The number of Topliss-reactive ketones (excluding diaryl/α,β-unsaturated/α-hetero) is 1. The highest BCUT2D eigenvalue weighted by atomic mass is 32.1. The summed E-state index contributed by atoms with van der Waals surface area (Å²) in [4.78, 5) is 44.0. The second-order valence-electron chi connectivity index (χ2n) is 8.15. The van der Waals surface area contributed by atoms with Gasteiger partial charge in [0.2, 0.25) is 5.78 Å². The van der Waals surface area contributed by atoms with Gasteiger partial charge in [0, 0.05) is 5.69 Å². The van der Waals surface area contributed by atoms with E-state index in [0.717, 1.165) is 17.0 Å². The third-order valence-corrected chi connectivity index (χ3v) is 6.91. The second-order valence-corrected chi connectivity index (χ2v) is 9.35. The van der Waals surface area contributed by atoms with E-state index in [4.69, 9.17) is 5.11 Å². The monoisotopic (exact) mass is 476 g/mol. The predicted molar refractivity (Wildman–Crippen MR) is 129 cm³/mol. The van der Waals surface area contributed by atoms with E-state index in [-0.39, 0.29) is 12.0 Å². The number of thiazole rings is 1. The van der Waals surface area contributed by atoms with E-state index in [1.165, 1.54) is 16.2 Å². The minimum atomic E-state index is -0.957. The summed E-state index contributed by atoms with van der Waals surface area (Å²) in [5.41, 5.74) is 3.39. The number of hydrogen-bond donors (Lipinski definition) is 2. The molecule has 4 rings (SSSR count). The molecule has 0 aliphatic carbocycles. The number of aliphatic hydroxyl groups excluding tert-OH is 1. The summed E-state index contributed by atoms with van der Waals surface area (Å²) in [6.45, 7) is 5.57. The third kappa shape index (κ3) is 4.24. The van der Waals surface area contributed by atoms with Crippen LogP contribution in [-0.2, 0) is 22.4 Å². The number of ketones is 1. The maximum Gasteiger partial charge on any atom is 0.307 e. The van der Waals surface area contributed by atoms with Gasteiger partial charge in [-0.15, -0.1) is 11.3 Å². The molecule has 2 heterocycles. The first-order valence-electron chi connectivity index (χ1n) is 10.9. The first kappa shape index (κ1) is 23.4. The lowest BCUT2D eigenvalue weighted by molar-refractivity contribution is -0.136. The molecular weight excluding hydrogens is 452 g/mol. The van der Waals surface area contributed by atoms with Gasteiger partial charge in [-0.05, 0) is 49.1 Å². The molecule has 1 atom stereocenters. The van der Waals surface area contributed by atoms with Crippen LogP contribution in [-0.4, -0.2) is 32.9 Å². The van der Waals surface area contributed by atoms with Gasteiger partial charge in [-0.1, -0.05) is 43.3 Å². The van der Waals surface area contributed by atoms with Crippen molar-refractivity contribution in [2.75, 3.05) is 4.90 Å². The molecule has 1 aliphatic rings. The average Bonchev–Trinajstić information content (AvgIpc) is 3.29. The zero-order chi connectivity index (χ0) is 24.6. The lowest BCUT2D eigenvalue weighted by Gasteiger charge is -2.27. The molecule has 1 aliphatic heterocycles. The highest BCUT2D eigenvalue weighted by molar-refractivity contribution is 7.14. The Hall–Kier alpha value is -3.78. The van der Waals surface area contributed by atoms with Crippen LogP contribution >= 0.6 is 11.3 Å². The number of aliphatic carboxylic acids is 1. The van der Waals surface area contributed by atoms with E-state index < -0.39 is 29.5 Å². The summed E-state index contributed by atoms with van der Waals surface area (Å²) in [5, 5.41) is 20.7. The van der Waals surface area contributed by atoms with Crippen molar-refractivity contribution in [2.45, 2.75) is 39.7 Å². The van der Waals surface area contributed by atoms with Crippen LogP contribution in [0.5, 0.6) is 0 Å². The average molecular weight is 477 g/mol. The molecule has 8 heteroatoms. The lowest BCUT2D eigenvalue weighted by Crippen LogP contribution is -2.31. The summed E-state index contributed by atoms with van der Waals surface area (Å²) in [7, 11) is 0. The predicted octanol–water partition coefficient (Wildman–Crippen LogP) is 4.73. The quantitative estimate of drug-likeness (QED) is 0.477. The zero-order valence-electron chi connectivity index (χ0n) is 19.0. The first-order valence-corrected chi connectivity index (χ1v) is 11.7. The van der Waals surface area contributed by atoms with Gasteiger partial charge >= 0.3 is 5.97 Å². The highest BCUT2D eigenvalue weighted by Gasteiger charge is 2.45. The number of benzene rings is 2. The standard InChI is InChI=1S/C26H24N2O5S/c1-4-16-5-9-18(10-6-16)22-21(23(31)25-14(2)27-15(3)34-25)24(32)26(33)28(22)19-11-7-17(8-12-19)13-20(29)30/h5-12,22,32H,4,13H2,1-3H3,(H,29,30). The Morgan fingerprint density at radius 3 is 2.18 bits per heavy atom. The van der Waals surface area contributed by atoms with Crippen LogP contribution in [0.15, 0.2) is 59.9 Å².